The van der Waals surface area contributed by atoms with E-state index in [0.717, 1.165) is 72.6 Å². The van der Waals surface area contributed by atoms with E-state index in [1.54, 1.807) is 0 Å². The van der Waals surface area contributed by atoms with Crippen LogP contribution in [0.25, 0.3) is 22.3 Å². The lowest BCUT2D eigenvalue weighted by atomic mass is 9.74. The Morgan fingerprint density at radius 3 is 2.50 bits per heavy atom. The standard InChI is InChI=1S/C33H43N7O.ClH/c1-21(2)39-20-35-28-19-27(37-31(30(28)39)36-23-7-8-23)22-6-9-26-29(16-22)40(32(41)33(26)10-12-34-13-11-33)25-17-24(18-25)38-14-4-3-5-15-38;/h6,9,16,19-21,23-25,34H,3-5,7-8,10-15,17-18H2,1-2H3,(H,36,37);1H. The molecule has 3 aromatic rings. The van der Waals surface area contributed by atoms with Crippen LogP contribution in [0.1, 0.15) is 83.2 Å². The number of nitrogens with one attached hydrogen (secondary N) is 2. The van der Waals surface area contributed by atoms with Crippen molar-refractivity contribution in [2.24, 2.45) is 0 Å². The topological polar surface area (TPSA) is 78.3 Å². The van der Waals surface area contributed by atoms with Crippen LogP contribution in [-0.4, -0.2) is 69.6 Å². The maximum absolute atomic E-state index is 14.4. The molecule has 1 amide bonds. The van der Waals surface area contributed by atoms with Gasteiger partial charge >= 0.3 is 0 Å². The second-order valence-electron chi connectivity index (χ2n) is 13.5. The fourth-order valence-electron chi connectivity index (χ4n) is 7.92. The van der Waals surface area contributed by atoms with Crippen molar-refractivity contribution >= 4 is 40.9 Å². The number of piperidine rings is 2. The summed E-state index contributed by atoms with van der Waals surface area (Å²) in [5.41, 5.74) is 6.02. The first kappa shape index (κ1) is 28.1. The molecule has 2 aliphatic carbocycles. The van der Waals surface area contributed by atoms with Crippen molar-refractivity contribution in [2.75, 3.05) is 36.4 Å². The molecule has 4 fully saturated rings. The highest BCUT2D eigenvalue weighted by Crippen LogP contribution is 2.51. The molecule has 2 aromatic heterocycles. The molecule has 9 heteroatoms. The average molecular weight is 590 g/mol. The number of hydrogen-bond acceptors (Lipinski definition) is 6. The summed E-state index contributed by atoms with van der Waals surface area (Å²) in [7, 11) is 0. The van der Waals surface area contributed by atoms with Gasteiger partial charge in [0.15, 0.2) is 5.82 Å². The number of nitrogens with zero attached hydrogens (tertiary/aromatic N) is 5. The van der Waals surface area contributed by atoms with E-state index >= 15 is 0 Å². The third-order valence-corrected chi connectivity index (χ3v) is 10.5. The highest BCUT2D eigenvalue weighted by molar-refractivity contribution is 6.09. The van der Waals surface area contributed by atoms with Gasteiger partial charge in [-0.3, -0.25) is 4.79 Å². The predicted octanol–water partition coefficient (Wildman–Crippen LogP) is 5.66. The van der Waals surface area contributed by atoms with Gasteiger partial charge in [0.25, 0.3) is 0 Å². The normalized spacial score (nSPS) is 25.5. The minimum Gasteiger partial charge on any atom is -0.366 e. The lowest BCUT2D eigenvalue weighted by Gasteiger charge is -2.48. The summed E-state index contributed by atoms with van der Waals surface area (Å²) in [4.78, 5) is 29.3. The molecule has 0 bridgehead atoms. The molecule has 1 aromatic carbocycles. The Bertz CT molecular complexity index is 1480. The number of benzene rings is 1. The van der Waals surface area contributed by atoms with E-state index in [9.17, 15) is 4.79 Å². The summed E-state index contributed by atoms with van der Waals surface area (Å²) in [6.45, 7) is 8.62. The first-order valence-corrected chi connectivity index (χ1v) is 16.1. The molecule has 1 spiro atoms. The monoisotopic (exact) mass is 589 g/mol. The molecule has 3 aliphatic heterocycles. The largest absolute Gasteiger partial charge is 0.366 e. The van der Waals surface area contributed by atoms with Crippen LogP contribution in [0.5, 0.6) is 0 Å². The molecule has 0 atom stereocenters. The molecule has 42 heavy (non-hydrogen) atoms. The Morgan fingerprint density at radius 1 is 1.02 bits per heavy atom. The predicted molar refractivity (Wildman–Crippen MR) is 171 cm³/mol. The summed E-state index contributed by atoms with van der Waals surface area (Å²) >= 11 is 0. The number of imidazole rings is 1. The average Bonchev–Trinajstić information content (AvgIpc) is 3.63. The van der Waals surface area contributed by atoms with Crippen LogP contribution in [-0.2, 0) is 10.2 Å². The minimum absolute atomic E-state index is 0. The second kappa shape index (κ2) is 10.8. The summed E-state index contributed by atoms with van der Waals surface area (Å²) in [5.74, 6) is 1.27. The molecule has 0 radical (unpaired) electrons. The van der Waals surface area contributed by atoms with Crippen LogP contribution < -0.4 is 15.5 Å². The third kappa shape index (κ3) is 4.52. The van der Waals surface area contributed by atoms with Gasteiger partial charge in [0.2, 0.25) is 5.91 Å². The number of amides is 1. The lowest BCUT2D eigenvalue weighted by molar-refractivity contribution is -0.125. The van der Waals surface area contributed by atoms with Crippen molar-refractivity contribution in [2.45, 2.75) is 101 Å². The van der Waals surface area contributed by atoms with Crippen LogP contribution in [0.15, 0.2) is 30.6 Å². The highest BCUT2D eigenvalue weighted by atomic mass is 35.5. The number of anilines is 2. The number of rotatable bonds is 6. The van der Waals surface area contributed by atoms with Gasteiger partial charge in [-0.1, -0.05) is 18.6 Å². The maximum atomic E-state index is 14.4. The SMILES string of the molecule is CC(C)n1cnc2cc(-c3ccc4c(c3)N(C3CC(N5CCCCC5)C3)C(=O)C43CCNCC3)nc(NC3CC3)c21.Cl. The number of hydrogen-bond donors (Lipinski definition) is 2. The molecule has 2 N–H and O–H groups in total. The van der Waals surface area contributed by atoms with Crippen LogP contribution in [0.2, 0.25) is 0 Å². The molecule has 224 valence electrons. The first-order chi connectivity index (χ1) is 20.0. The number of carbonyl (C=O) groups excluding carboxylic acids is 1. The number of carbonyl (C=O) groups is 1. The van der Waals surface area contributed by atoms with Gasteiger partial charge in [-0.05, 0) is 109 Å². The number of aromatic nitrogens is 3. The summed E-state index contributed by atoms with van der Waals surface area (Å²) < 4.78 is 2.22. The zero-order chi connectivity index (χ0) is 27.7. The van der Waals surface area contributed by atoms with Crippen LogP contribution in [0.3, 0.4) is 0 Å². The van der Waals surface area contributed by atoms with Gasteiger partial charge in [0.1, 0.15) is 5.52 Å². The van der Waals surface area contributed by atoms with Crippen LogP contribution in [0, 0.1) is 0 Å². The Balaban J connectivity index is 0.00000288. The van der Waals surface area contributed by atoms with Gasteiger partial charge in [-0.15, -0.1) is 12.4 Å². The molecule has 5 heterocycles. The molecule has 8 nitrogen and oxygen atoms in total. The van der Waals surface area contributed by atoms with E-state index in [4.69, 9.17) is 9.97 Å². The van der Waals surface area contributed by atoms with Crippen molar-refractivity contribution in [3.8, 4) is 11.3 Å². The first-order valence-electron chi connectivity index (χ1n) is 16.1. The van der Waals surface area contributed by atoms with E-state index in [2.05, 4.69) is 63.1 Å². The fraction of sp³-hybridized carbons (Fsp3) is 0.606. The quantitative estimate of drug-likeness (QED) is 0.386. The molecule has 2 saturated heterocycles. The van der Waals surface area contributed by atoms with Gasteiger partial charge in [-0.25, -0.2) is 9.97 Å². The van der Waals surface area contributed by atoms with E-state index in [0.29, 0.717) is 30.1 Å². The smallest absolute Gasteiger partial charge is 0.238 e. The van der Waals surface area contributed by atoms with Crippen molar-refractivity contribution in [3.05, 3.63) is 36.2 Å². The van der Waals surface area contributed by atoms with E-state index in [1.165, 1.54) is 50.8 Å². The highest BCUT2D eigenvalue weighted by Gasteiger charge is 2.54. The lowest BCUT2D eigenvalue weighted by Crippen LogP contribution is -2.58. The van der Waals surface area contributed by atoms with Crippen LogP contribution >= 0.6 is 12.4 Å². The number of likely N-dealkylation sites (tertiary alicyclic amines) is 1. The number of halogens is 1. The van der Waals surface area contributed by atoms with Gasteiger partial charge in [0.05, 0.1) is 23.0 Å². The number of pyridine rings is 1. The third-order valence-electron chi connectivity index (χ3n) is 10.5. The van der Waals surface area contributed by atoms with Gasteiger partial charge < -0.3 is 25.0 Å². The molecular weight excluding hydrogens is 546 g/mol. The summed E-state index contributed by atoms with van der Waals surface area (Å²) in [6, 6.07) is 10.6. The Kier molecular flexibility index (Phi) is 7.22. The Morgan fingerprint density at radius 2 is 1.79 bits per heavy atom. The minimum atomic E-state index is -0.387. The van der Waals surface area contributed by atoms with Gasteiger partial charge in [0, 0.05) is 35.4 Å². The molecule has 5 aliphatic rings. The molecule has 8 rings (SSSR count). The number of fused-ring (bicyclic) bond motifs is 3. The summed E-state index contributed by atoms with van der Waals surface area (Å²) in [6.07, 6.45) is 12.3. The van der Waals surface area contributed by atoms with Crippen molar-refractivity contribution in [3.63, 3.8) is 0 Å². The van der Waals surface area contributed by atoms with Crippen molar-refractivity contribution < 1.29 is 4.79 Å². The zero-order valence-electron chi connectivity index (χ0n) is 24.9. The van der Waals surface area contributed by atoms with Gasteiger partial charge in [-0.2, -0.15) is 0 Å². The Labute approximate surface area is 255 Å². The van der Waals surface area contributed by atoms with E-state index in [1.807, 2.05) is 6.33 Å². The summed E-state index contributed by atoms with van der Waals surface area (Å²) in [5, 5.41) is 7.19. The molecular formula is C33H44ClN7O. The second-order valence-corrected chi connectivity index (χ2v) is 13.5. The van der Waals surface area contributed by atoms with Crippen LogP contribution in [0.4, 0.5) is 11.5 Å². The Hall–Kier alpha value is -2.68. The maximum Gasteiger partial charge on any atom is 0.238 e. The molecule has 0 unspecified atom stereocenters. The fourth-order valence-corrected chi connectivity index (χ4v) is 7.92. The zero-order valence-corrected chi connectivity index (χ0v) is 25.8. The van der Waals surface area contributed by atoms with E-state index < -0.39 is 0 Å². The molecule has 2 saturated carbocycles. The van der Waals surface area contributed by atoms with E-state index in [-0.39, 0.29) is 17.8 Å². The van der Waals surface area contributed by atoms with Crippen molar-refractivity contribution in [1.29, 1.82) is 0 Å². The van der Waals surface area contributed by atoms with Crippen molar-refractivity contribution in [1.82, 2.24) is 24.8 Å².